The summed E-state index contributed by atoms with van der Waals surface area (Å²) >= 11 is 11.6. The highest BCUT2D eigenvalue weighted by Crippen LogP contribution is 2.42. The Morgan fingerprint density at radius 2 is 1.86 bits per heavy atom. The number of anilines is 2. The van der Waals surface area contributed by atoms with Crippen molar-refractivity contribution in [3.63, 3.8) is 0 Å². The van der Waals surface area contributed by atoms with Crippen LogP contribution in [-0.2, 0) is 6.18 Å². The van der Waals surface area contributed by atoms with Crippen molar-refractivity contribution in [2.75, 3.05) is 5.32 Å². The number of nitrogens with zero attached hydrogens (tertiary/aromatic N) is 3. The Balaban J connectivity index is 2.15. The summed E-state index contributed by atoms with van der Waals surface area (Å²) in [5.41, 5.74) is -0.651. The minimum absolute atomic E-state index is 0.114. The van der Waals surface area contributed by atoms with Gasteiger partial charge < -0.3 is 10.3 Å². The second-order valence-electron chi connectivity index (χ2n) is 4.26. The number of nitrogens with one attached hydrogen (secondary N) is 2. The molecule has 0 saturated carbocycles. The van der Waals surface area contributed by atoms with Gasteiger partial charge in [0.05, 0.1) is 22.6 Å². The molecule has 10 heteroatoms. The normalized spacial score (nSPS) is 11.9. The monoisotopic (exact) mass is 347 g/mol. The van der Waals surface area contributed by atoms with Gasteiger partial charge in [-0.05, 0) is 12.1 Å². The van der Waals surface area contributed by atoms with E-state index in [0.29, 0.717) is 11.2 Å². The number of benzene rings is 1. The van der Waals surface area contributed by atoms with Gasteiger partial charge in [0, 0.05) is 5.02 Å². The van der Waals surface area contributed by atoms with E-state index in [1.54, 1.807) is 0 Å². The lowest BCUT2D eigenvalue weighted by molar-refractivity contribution is -0.136. The van der Waals surface area contributed by atoms with Gasteiger partial charge in [-0.15, -0.1) is 0 Å². The molecule has 0 unspecified atom stereocenters. The summed E-state index contributed by atoms with van der Waals surface area (Å²) in [6.45, 7) is 0. The Kier molecular flexibility index (Phi) is 3.57. The fourth-order valence-electron chi connectivity index (χ4n) is 1.90. The van der Waals surface area contributed by atoms with Crippen molar-refractivity contribution in [2.24, 2.45) is 0 Å². The largest absolute Gasteiger partial charge is 0.418 e. The number of imidazole rings is 1. The minimum Gasteiger partial charge on any atom is -0.340 e. The molecule has 114 valence electrons. The first-order valence-corrected chi connectivity index (χ1v) is 6.59. The highest BCUT2D eigenvalue weighted by Gasteiger charge is 2.35. The van der Waals surface area contributed by atoms with E-state index in [1.807, 2.05) is 0 Å². The third-order valence-corrected chi connectivity index (χ3v) is 3.34. The van der Waals surface area contributed by atoms with Crippen molar-refractivity contribution >= 4 is 45.9 Å². The minimum atomic E-state index is -4.63. The number of alkyl halides is 3. The van der Waals surface area contributed by atoms with Gasteiger partial charge >= 0.3 is 6.18 Å². The van der Waals surface area contributed by atoms with E-state index in [1.165, 1.54) is 18.7 Å². The van der Waals surface area contributed by atoms with Gasteiger partial charge in [0.25, 0.3) is 0 Å². The zero-order chi connectivity index (χ0) is 15.9. The summed E-state index contributed by atoms with van der Waals surface area (Å²) in [5, 5.41) is 2.28. The van der Waals surface area contributed by atoms with Crippen molar-refractivity contribution in [1.82, 2.24) is 19.9 Å². The van der Waals surface area contributed by atoms with Gasteiger partial charge in [-0.25, -0.2) is 15.0 Å². The van der Waals surface area contributed by atoms with E-state index >= 15 is 0 Å². The molecule has 0 fully saturated rings. The van der Waals surface area contributed by atoms with Crippen LogP contribution in [0.3, 0.4) is 0 Å². The number of hydrogen-bond donors (Lipinski definition) is 2. The van der Waals surface area contributed by atoms with Crippen LogP contribution >= 0.6 is 23.2 Å². The first-order chi connectivity index (χ1) is 10.4. The molecule has 1 aromatic carbocycles. The average Bonchev–Trinajstić information content (AvgIpc) is 2.89. The van der Waals surface area contributed by atoms with Gasteiger partial charge in [-0.3, -0.25) is 0 Å². The third kappa shape index (κ3) is 2.67. The molecule has 2 aromatic heterocycles. The van der Waals surface area contributed by atoms with Crippen LogP contribution in [0.2, 0.25) is 10.0 Å². The zero-order valence-corrected chi connectivity index (χ0v) is 12.1. The first kappa shape index (κ1) is 14.9. The maximum absolute atomic E-state index is 13.2. The molecule has 0 spiro atoms. The molecule has 0 atom stereocenters. The predicted molar refractivity (Wildman–Crippen MR) is 76.4 cm³/mol. The van der Waals surface area contributed by atoms with E-state index < -0.39 is 11.7 Å². The number of halogens is 5. The Hall–Kier alpha value is -2.06. The predicted octanol–water partition coefficient (Wildman–Crippen LogP) is 4.42. The lowest BCUT2D eigenvalue weighted by atomic mass is 10.1. The summed E-state index contributed by atoms with van der Waals surface area (Å²) in [6, 6.07) is 2.01. The van der Waals surface area contributed by atoms with Crippen LogP contribution in [0.25, 0.3) is 11.2 Å². The maximum Gasteiger partial charge on any atom is 0.418 e. The number of hydrogen-bond acceptors (Lipinski definition) is 4. The van der Waals surface area contributed by atoms with Crippen LogP contribution in [-0.4, -0.2) is 19.9 Å². The van der Waals surface area contributed by atoms with Gasteiger partial charge in [0.2, 0.25) is 0 Å². The van der Waals surface area contributed by atoms with Crippen molar-refractivity contribution in [1.29, 1.82) is 0 Å². The number of H-pyrrole nitrogens is 1. The SMILES string of the molecule is FC(F)(F)c1cc(Cl)cc(Cl)c1Nc1ncnc2nc[nH]c12. The fourth-order valence-corrected chi connectivity index (χ4v) is 2.44. The van der Waals surface area contributed by atoms with E-state index in [9.17, 15) is 13.2 Å². The van der Waals surface area contributed by atoms with Crippen LogP contribution in [0, 0.1) is 0 Å². The Labute approximate surface area is 131 Å². The third-order valence-electron chi connectivity index (χ3n) is 2.83. The fraction of sp³-hybridized carbons (Fsp3) is 0.0833. The van der Waals surface area contributed by atoms with Crippen molar-refractivity contribution in [3.05, 3.63) is 40.4 Å². The summed E-state index contributed by atoms with van der Waals surface area (Å²) in [5.74, 6) is 0.122. The van der Waals surface area contributed by atoms with Gasteiger partial charge in [-0.2, -0.15) is 13.2 Å². The van der Waals surface area contributed by atoms with E-state index in [4.69, 9.17) is 23.2 Å². The summed E-state index contributed by atoms with van der Waals surface area (Å²) in [6.07, 6.45) is -2.09. The standard InChI is InChI=1S/C12H6Cl2F3N5/c13-5-1-6(12(15,16)17)8(7(14)2-5)22-11-9-10(19-3-18-9)20-4-21-11/h1-4H,(H2,18,19,20,21,22). The molecule has 0 bridgehead atoms. The lowest BCUT2D eigenvalue weighted by Gasteiger charge is -2.16. The molecule has 3 rings (SSSR count). The van der Waals surface area contributed by atoms with Crippen LogP contribution in [0.5, 0.6) is 0 Å². The molecule has 0 aliphatic heterocycles. The maximum atomic E-state index is 13.2. The van der Waals surface area contributed by atoms with E-state index in [-0.39, 0.29) is 21.6 Å². The molecule has 0 aliphatic rings. The van der Waals surface area contributed by atoms with Crippen LogP contribution < -0.4 is 5.32 Å². The van der Waals surface area contributed by atoms with Gasteiger partial charge in [0.1, 0.15) is 11.8 Å². The molecule has 0 saturated heterocycles. The molecular formula is C12H6Cl2F3N5. The van der Waals surface area contributed by atoms with Crippen LogP contribution in [0.15, 0.2) is 24.8 Å². The number of fused-ring (bicyclic) bond motifs is 1. The molecule has 2 N–H and O–H groups in total. The molecule has 5 nitrogen and oxygen atoms in total. The second-order valence-corrected chi connectivity index (χ2v) is 5.10. The summed E-state index contributed by atoms with van der Waals surface area (Å²) in [7, 11) is 0. The average molecular weight is 348 g/mol. The van der Waals surface area contributed by atoms with Crippen molar-refractivity contribution in [2.45, 2.75) is 6.18 Å². The molecule has 22 heavy (non-hydrogen) atoms. The Morgan fingerprint density at radius 3 is 2.59 bits per heavy atom. The Bertz CT molecular complexity index is 846. The molecule has 0 radical (unpaired) electrons. The van der Waals surface area contributed by atoms with Crippen molar-refractivity contribution < 1.29 is 13.2 Å². The quantitative estimate of drug-likeness (QED) is 0.719. The molecule has 0 amide bonds. The Morgan fingerprint density at radius 1 is 1.09 bits per heavy atom. The molecular weight excluding hydrogens is 342 g/mol. The van der Waals surface area contributed by atoms with Gasteiger partial charge in [-0.1, -0.05) is 23.2 Å². The summed E-state index contributed by atoms with van der Waals surface area (Å²) < 4.78 is 39.5. The highest BCUT2D eigenvalue weighted by atomic mass is 35.5. The topological polar surface area (TPSA) is 66.5 Å². The smallest absolute Gasteiger partial charge is 0.340 e. The lowest BCUT2D eigenvalue weighted by Crippen LogP contribution is -2.10. The molecule has 0 aliphatic carbocycles. The first-order valence-electron chi connectivity index (χ1n) is 5.83. The van der Waals surface area contributed by atoms with E-state index in [0.717, 1.165) is 6.07 Å². The highest BCUT2D eigenvalue weighted by molar-refractivity contribution is 6.36. The number of aromatic amines is 1. The zero-order valence-electron chi connectivity index (χ0n) is 10.5. The van der Waals surface area contributed by atoms with Crippen LogP contribution in [0.4, 0.5) is 24.7 Å². The van der Waals surface area contributed by atoms with Gasteiger partial charge in [0.15, 0.2) is 11.5 Å². The molecule has 2 heterocycles. The summed E-state index contributed by atoms with van der Waals surface area (Å²) in [4.78, 5) is 14.4. The number of rotatable bonds is 2. The number of aromatic nitrogens is 4. The van der Waals surface area contributed by atoms with Crippen molar-refractivity contribution in [3.8, 4) is 0 Å². The second kappa shape index (κ2) is 5.29. The molecule has 3 aromatic rings. The van der Waals surface area contributed by atoms with Crippen LogP contribution in [0.1, 0.15) is 5.56 Å². The van der Waals surface area contributed by atoms with E-state index in [2.05, 4.69) is 25.3 Å².